The lowest BCUT2D eigenvalue weighted by Crippen LogP contribution is -2.26. The van der Waals surface area contributed by atoms with Crippen LogP contribution >= 0.6 is 0 Å². The molecule has 94 valence electrons. The Morgan fingerprint density at radius 2 is 1.82 bits per heavy atom. The van der Waals surface area contributed by atoms with E-state index in [2.05, 4.69) is 15.5 Å². The molecule has 2 aliphatic rings. The number of aromatic nitrogens is 2. The monoisotopic (exact) mass is 237 g/mol. The van der Waals surface area contributed by atoms with Gasteiger partial charge in [-0.2, -0.15) is 0 Å². The molecule has 2 fully saturated rings. The van der Waals surface area contributed by atoms with Crippen molar-refractivity contribution in [1.29, 1.82) is 0 Å². The number of hydrogen-bond acceptors (Lipinski definition) is 5. The van der Waals surface area contributed by atoms with Gasteiger partial charge in [-0.25, -0.2) is 0 Å². The summed E-state index contributed by atoms with van der Waals surface area (Å²) in [5, 5.41) is 11.7. The molecule has 0 radical (unpaired) electrons. The molecule has 0 spiro atoms. The van der Waals surface area contributed by atoms with E-state index in [1.807, 2.05) is 0 Å². The first-order chi connectivity index (χ1) is 8.43. The molecular weight excluding hydrogens is 218 g/mol. The van der Waals surface area contributed by atoms with E-state index in [-0.39, 0.29) is 6.10 Å². The van der Waals surface area contributed by atoms with Gasteiger partial charge in [0.15, 0.2) is 0 Å². The van der Waals surface area contributed by atoms with Gasteiger partial charge in [-0.15, -0.1) is 10.2 Å². The van der Waals surface area contributed by atoms with Crippen LogP contribution in [0.4, 0.5) is 0 Å². The molecule has 0 amide bonds. The minimum absolute atomic E-state index is 0.0340. The number of rotatable bonds is 2. The van der Waals surface area contributed by atoms with Crippen molar-refractivity contribution >= 4 is 0 Å². The molecule has 0 aliphatic carbocycles. The second-order valence-corrected chi connectivity index (χ2v) is 4.86. The lowest BCUT2D eigenvalue weighted by atomic mass is 9.98. The molecule has 1 N–H and O–H groups in total. The summed E-state index contributed by atoms with van der Waals surface area (Å²) in [6.45, 7) is 2.90. The number of ether oxygens (including phenoxy) is 1. The van der Waals surface area contributed by atoms with Gasteiger partial charge in [-0.05, 0) is 45.2 Å². The largest absolute Gasteiger partial charge is 0.422 e. The highest BCUT2D eigenvalue weighted by Gasteiger charge is 2.25. The van der Waals surface area contributed by atoms with E-state index in [0.717, 1.165) is 51.3 Å². The topological polar surface area (TPSA) is 60.2 Å². The van der Waals surface area contributed by atoms with Crippen molar-refractivity contribution in [2.45, 2.75) is 44.1 Å². The highest BCUT2D eigenvalue weighted by molar-refractivity contribution is 4.96. The fourth-order valence-corrected chi connectivity index (χ4v) is 2.55. The van der Waals surface area contributed by atoms with Crippen molar-refractivity contribution < 1.29 is 9.15 Å². The van der Waals surface area contributed by atoms with E-state index in [1.54, 1.807) is 0 Å². The third-order valence-electron chi connectivity index (χ3n) is 3.60. The fourth-order valence-electron chi connectivity index (χ4n) is 2.55. The van der Waals surface area contributed by atoms with Crippen LogP contribution in [0.2, 0.25) is 0 Å². The van der Waals surface area contributed by atoms with E-state index >= 15 is 0 Å². The van der Waals surface area contributed by atoms with Crippen LogP contribution < -0.4 is 5.32 Å². The molecular formula is C12H19N3O2. The van der Waals surface area contributed by atoms with E-state index in [0.29, 0.717) is 11.8 Å². The molecule has 0 bridgehead atoms. The van der Waals surface area contributed by atoms with Crippen LogP contribution in [-0.2, 0) is 4.74 Å². The lowest BCUT2D eigenvalue weighted by molar-refractivity contribution is -0.00238. The molecule has 2 aliphatic heterocycles. The summed E-state index contributed by atoms with van der Waals surface area (Å²) in [4.78, 5) is 0. The zero-order chi connectivity index (χ0) is 11.5. The summed E-state index contributed by atoms with van der Waals surface area (Å²) < 4.78 is 11.4. The summed E-state index contributed by atoms with van der Waals surface area (Å²) in [6.07, 6.45) is 5.56. The highest BCUT2D eigenvalue weighted by atomic mass is 16.5. The van der Waals surface area contributed by atoms with Crippen molar-refractivity contribution in [3.05, 3.63) is 11.8 Å². The zero-order valence-electron chi connectivity index (χ0n) is 10.0. The van der Waals surface area contributed by atoms with Crippen molar-refractivity contribution in [2.24, 2.45) is 0 Å². The molecule has 5 heteroatoms. The standard InChI is InChI=1S/C12H19N3O2/c1-2-8-16-10(3-1)12-15-14-11(17-12)9-4-6-13-7-5-9/h9-10,13H,1-8H2. The Morgan fingerprint density at radius 3 is 2.59 bits per heavy atom. The first-order valence-electron chi connectivity index (χ1n) is 6.59. The maximum atomic E-state index is 5.79. The van der Waals surface area contributed by atoms with E-state index in [1.165, 1.54) is 6.42 Å². The Morgan fingerprint density at radius 1 is 1.00 bits per heavy atom. The summed E-state index contributed by atoms with van der Waals surface area (Å²) in [5.41, 5.74) is 0. The smallest absolute Gasteiger partial charge is 0.245 e. The van der Waals surface area contributed by atoms with Gasteiger partial charge in [-0.3, -0.25) is 0 Å². The van der Waals surface area contributed by atoms with Gasteiger partial charge in [0, 0.05) is 12.5 Å². The number of piperidine rings is 1. The fraction of sp³-hybridized carbons (Fsp3) is 0.833. The second-order valence-electron chi connectivity index (χ2n) is 4.86. The van der Waals surface area contributed by atoms with Gasteiger partial charge in [0.2, 0.25) is 11.8 Å². The van der Waals surface area contributed by atoms with Crippen LogP contribution in [0.5, 0.6) is 0 Å². The molecule has 3 heterocycles. The molecule has 3 rings (SSSR count). The minimum Gasteiger partial charge on any atom is -0.422 e. The van der Waals surface area contributed by atoms with Crippen LogP contribution in [0.15, 0.2) is 4.42 Å². The first kappa shape index (κ1) is 11.2. The highest BCUT2D eigenvalue weighted by Crippen LogP contribution is 2.30. The molecule has 17 heavy (non-hydrogen) atoms. The predicted molar refractivity (Wildman–Crippen MR) is 61.7 cm³/mol. The van der Waals surface area contributed by atoms with E-state index in [9.17, 15) is 0 Å². The second kappa shape index (κ2) is 5.14. The Bertz CT molecular complexity index is 322. The molecule has 0 saturated carbocycles. The number of nitrogens with zero attached hydrogens (tertiary/aromatic N) is 2. The van der Waals surface area contributed by atoms with Gasteiger partial charge in [0.25, 0.3) is 0 Å². The molecule has 0 aromatic carbocycles. The van der Waals surface area contributed by atoms with Gasteiger partial charge in [-0.1, -0.05) is 0 Å². The van der Waals surface area contributed by atoms with E-state index < -0.39 is 0 Å². The van der Waals surface area contributed by atoms with Crippen molar-refractivity contribution in [1.82, 2.24) is 15.5 Å². The lowest BCUT2D eigenvalue weighted by Gasteiger charge is -2.20. The van der Waals surface area contributed by atoms with Crippen LogP contribution in [0.25, 0.3) is 0 Å². The minimum atomic E-state index is 0.0340. The zero-order valence-corrected chi connectivity index (χ0v) is 10.0. The third kappa shape index (κ3) is 2.50. The van der Waals surface area contributed by atoms with Crippen LogP contribution in [0, 0.1) is 0 Å². The summed E-state index contributed by atoms with van der Waals surface area (Å²) in [7, 11) is 0. The predicted octanol–water partition coefficient (Wildman–Crippen LogP) is 1.78. The SMILES string of the molecule is C1CCC(c2nnc(C3CCNCC3)o2)OC1. The van der Waals surface area contributed by atoms with Crippen LogP contribution in [-0.4, -0.2) is 29.9 Å². The Labute approximate surface area is 101 Å². The van der Waals surface area contributed by atoms with Crippen LogP contribution in [0.3, 0.4) is 0 Å². The number of nitrogens with one attached hydrogen (secondary N) is 1. The van der Waals surface area contributed by atoms with Crippen molar-refractivity contribution in [3.63, 3.8) is 0 Å². The van der Waals surface area contributed by atoms with Crippen LogP contribution in [0.1, 0.15) is 55.9 Å². The van der Waals surface area contributed by atoms with Gasteiger partial charge < -0.3 is 14.5 Å². The van der Waals surface area contributed by atoms with Crippen molar-refractivity contribution in [2.75, 3.05) is 19.7 Å². The average Bonchev–Trinajstić information content (AvgIpc) is 2.90. The molecule has 1 aromatic rings. The normalized spacial score (nSPS) is 27.2. The molecule has 2 saturated heterocycles. The average molecular weight is 237 g/mol. The maximum Gasteiger partial charge on any atom is 0.245 e. The first-order valence-corrected chi connectivity index (χ1v) is 6.59. The van der Waals surface area contributed by atoms with Gasteiger partial charge in [0.05, 0.1) is 0 Å². The Hall–Kier alpha value is -0.940. The number of hydrogen-bond donors (Lipinski definition) is 1. The van der Waals surface area contributed by atoms with Crippen molar-refractivity contribution in [3.8, 4) is 0 Å². The molecule has 1 unspecified atom stereocenters. The summed E-state index contributed by atoms with van der Waals surface area (Å²) in [6, 6.07) is 0. The third-order valence-corrected chi connectivity index (χ3v) is 3.60. The molecule has 5 nitrogen and oxygen atoms in total. The summed E-state index contributed by atoms with van der Waals surface area (Å²) in [5.74, 6) is 1.91. The molecule has 1 atom stereocenters. The summed E-state index contributed by atoms with van der Waals surface area (Å²) >= 11 is 0. The van der Waals surface area contributed by atoms with Gasteiger partial charge in [0.1, 0.15) is 6.10 Å². The van der Waals surface area contributed by atoms with Gasteiger partial charge >= 0.3 is 0 Å². The Balaban J connectivity index is 1.68. The molecule has 1 aromatic heterocycles. The Kier molecular flexibility index (Phi) is 3.38. The maximum absolute atomic E-state index is 5.79. The quantitative estimate of drug-likeness (QED) is 0.849. The van der Waals surface area contributed by atoms with E-state index in [4.69, 9.17) is 9.15 Å².